The number of unbranched alkanes of at least 4 members (excludes halogenated alkanes) is 1. The fourth-order valence-electron chi connectivity index (χ4n) is 1.51. The van der Waals surface area contributed by atoms with Crippen molar-refractivity contribution in [3.05, 3.63) is 12.7 Å². The number of hydrogen-bond donors (Lipinski definition) is 1. The fourth-order valence-corrected chi connectivity index (χ4v) is 1.51. The molecule has 1 aliphatic heterocycles. The molecule has 0 saturated carbocycles. The van der Waals surface area contributed by atoms with Gasteiger partial charge in [0.05, 0.1) is 0 Å². The van der Waals surface area contributed by atoms with Crippen LogP contribution in [0.25, 0.3) is 0 Å². The SMILES string of the molecule is C=CCCCC1CCNC1. The van der Waals surface area contributed by atoms with Crippen molar-refractivity contribution in [3.63, 3.8) is 0 Å². The molecular weight excluding hydrogens is 122 g/mol. The molecule has 1 atom stereocenters. The molecule has 1 heteroatoms. The van der Waals surface area contributed by atoms with E-state index in [1.165, 1.54) is 38.8 Å². The largest absolute Gasteiger partial charge is 0.316 e. The van der Waals surface area contributed by atoms with Gasteiger partial charge in [-0.15, -0.1) is 6.58 Å². The van der Waals surface area contributed by atoms with E-state index < -0.39 is 0 Å². The van der Waals surface area contributed by atoms with Gasteiger partial charge in [-0.1, -0.05) is 6.08 Å². The van der Waals surface area contributed by atoms with Gasteiger partial charge in [-0.05, 0) is 44.7 Å². The highest BCUT2D eigenvalue weighted by Crippen LogP contribution is 2.15. The first-order valence-electron chi connectivity index (χ1n) is 4.25. The molecular formula is C9H17N. The van der Waals surface area contributed by atoms with Crippen LogP contribution in [0.3, 0.4) is 0 Å². The van der Waals surface area contributed by atoms with Crippen molar-refractivity contribution >= 4 is 0 Å². The van der Waals surface area contributed by atoms with Gasteiger partial charge in [-0.2, -0.15) is 0 Å². The van der Waals surface area contributed by atoms with Gasteiger partial charge in [0.2, 0.25) is 0 Å². The van der Waals surface area contributed by atoms with E-state index in [2.05, 4.69) is 11.9 Å². The summed E-state index contributed by atoms with van der Waals surface area (Å²) in [4.78, 5) is 0. The second-order valence-electron chi connectivity index (χ2n) is 3.08. The van der Waals surface area contributed by atoms with E-state index in [1.807, 2.05) is 6.08 Å². The van der Waals surface area contributed by atoms with Gasteiger partial charge in [0, 0.05) is 0 Å². The van der Waals surface area contributed by atoms with Crippen LogP contribution in [-0.2, 0) is 0 Å². The Bertz CT molecular complexity index is 92.9. The standard InChI is InChI=1S/C9H17N/c1-2-3-4-5-9-6-7-10-8-9/h2,9-10H,1,3-8H2. The lowest BCUT2D eigenvalue weighted by atomic mass is 10.0. The van der Waals surface area contributed by atoms with Gasteiger partial charge >= 0.3 is 0 Å². The lowest BCUT2D eigenvalue weighted by Crippen LogP contribution is -2.08. The Morgan fingerprint density at radius 3 is 3.10 bits per heavy atom. The predicted molar refractivity (Wildman–Crippen MR) is 45.0 cm³/mol. The van der Waals surface area contributed by atoms with E-state index in [-0.39, 0.29) is 0 Å². The highest BCUT2D eigenvalue weighted by molar-refractivity contribution is 4.73. The molecule has 0 amide bonds. The lowest BCUT2D eigenvalue weighted by molar-refractivity contribution is 0.513. The Balaban J connectivity index is 1.96. The number of hydrogen-bond acceptors (Lipinski definition) is 1. The van der Waals surface area contributed by atoms with Crippen LogP contribution in [0.15, 0.2) is 12.7 Å². The molecule has 1 unspecified atom stereocenters. The zero-order chi connectivity index (χ0) is 7.23. The monoisotopic (exact) mass is 139 g/mol. The Kier molecular flexibility index (Phi) is 3.52. The number of allylic oxidation sites excluding steroid dienone is 1. The molecule has 1 aliphatic rings. The van der Waals surface area contributed by atoms with Gasteiger partial charge in [-0.25, -0.2) is 0 Å². The van der Waals surface area contributed by atoms with Crippen LogP contribution in [-0.4, -0.2) is 13.1 Å². The number of rotatable bonds is 4. The maximum atomic E-state index is 3.71. The molecule has 10 heavy (non-hydrogen) atoms. The van der Waals surface area contributed by atoms with Crippen LogP contribution in [0, 0.1) is 5.92 Å². The molecule has 0 aliphatic carbocycles. The molecule has 1 fully saturated rings. The van der Waals surface area contributed by atoms with Crippen LogP contribution < -0.4 is 5.32 Å². The van der Waals surface area contributed by atoms with Gasteiger partial charge < -0.3 is 5.32 Å². The van der Waals surface area contributed by atoms with Crippen LogP contribution in [0.5, 0.6) is 0 Å². The molecule has 1 saturated heterocycles. The third-order valence-corrected chi connectivity index (χ3v) is 2.18. The molecule has 0 spiro atoms. The quantitative estimate of drug-likeness (QED) is 0.463. The first kappa shape index (κ1) is 7.80. The van der Waals surface area contributed by atoms with E-state index in [0.717, 1.165) is 5.92 Å². The summed E-state index contributed by atoms with van der Waals surface area (Å²) < 4.78 is 0. The van der Waals surface area contributed by atoms with Gasteiger partial charge in [0.1, 0.15) is 0 Å². The second kappa shape index (κ2) is 4.51. The summed E-state index contributed by atoms with van der Waals surface area (Å²) in [6.45, 7) is 6.19. The van der Waals surface area contributed by atoms with E-state index in [9.17, 15) is 0 Å². The topological polar surface area (TPSA) is 12.0 Å². The first-order chi connectivity index (χ1) is 4.93. The summed E-state index contributed by atoms with van der Waals surface area (Å²) in [5, 5.41) is 3.37. The van der Waals surface area contributed by atoms with E-state index in [0.29, 0.717) is 0 Å². The summed E-state index contributed by atoms with van der Waals surface area (Å²) in [5.74, 6) is 0.958. The third-order valence-electron chi connectivity index (χ3n) is 2.18. The van der Waals surface area contributed by atoms with E-state index in [4.69, 9.17) is 0 Å². The van der Waals surface area contributed by atoms with Crippen molar-refractivity contribution in [2.45, 2.75) is 25.7 Å². The average molecular weight is 139 g/mol. The normalized spacial score (nSPS) is 25.0. The van der Waals surface area contributed by atoms with Crippen molar-refractivity contribution in [1.29, 1.82) is 0 Å². The highest BCUT2D eigenvalue weighted by Gasteiger charge is 2.12. The Hall–Kier alpha value is -0.300. The maximum absolute atomic E-state index is 3.71. The smallest absolute Gasteiger partial charge is 0.00200 e. The fraction of sp³-hybridized carbons (Fsp3) is 0.778. The minimum absolute atomic E-state index is 0.958. The number of nitrogens with one attached hydrogen (secondary N) is 1. The molecule has 1 heterocycles. The van der Waals surface area contributed by atoms with Crippen LogP contribution in [0.4, 0.5) is 0 Å². The van der Waals surface area contributed by atoms with Gasteiger partial charge in [-0.3, -0.25) is 0 Å². The highest BCUT2D eigenvalue weighted by atomic mass is 14.9. The summed E-state index contributed by atoms with van der Waals surface area (Å²) in [6, 6.07) is 0. The van der Waals surface area contributed by atoms with Crippen molar-refractivity contribution in [2.75, 3.05) is 13.1 Å². The predicted octanol–water partition coefficient (Wildman–Crippen LogP) is 1.95. The molecule has 1 rings (SSSR count). The van der Waals surface area contributed by atoms with Gasteiger partial charge in [0.25, 0.3) is 0 Å². The third kappa shape index (κ3) is 2.53. The maximum Gasteiger partial charge on any atom is -0.00200 e. The van der Waals surface area contributed by atoms with E-state index >= 15 is 0 Å². The van der Waals surface area contributed by atoms with E-state index in [1.54, 1.807) is 0 Å². The van der Waals surface area contributed by atoms with Crippen molar-refractivity contribution in [3.8, 4) is 0 Å². The molecule has 1 nitrogen and oxygen atoms in total. The summed E-state index contributed by atoms with van der Waals surface area (Å²) in [5.41, 5.74) is 0. The Labute approximate surface area is 63.5 Å². The second-order valence-corrected chi connectivity index (χ2v) is 3.08. The molecule has 0 aromatic rings. The van der Waals surface area contributed by atoms with Crippen LogP contribution in [0.2, 0.25) is 0 Å². The summed E-state index contributed by atoms with van der Waals surface area (Å²) in [7, 11) is 0. The lowest BCUT2D eigenvalue weighted by Gasteiger charge is -2.04. The minimum atomic E-state index is 0.958. The Morgan fingerprint density at radius 1 is 1.60 bits per heavy atom. The minimum Gasteiger partial charge on any atom is -0.316 e. The molecule has 58 valence electrons. The summed E-state index contributed by atoms with van der Waals surface area (Å²) in [6.07, 6.45) is 7.31. The molecule has 0 aromatic heterocycles. The van der Waals surface area contributed by atoms with Crippen molar-refractivity contribution < 1.29 is 0 Å². The Morgan fingerprint density at radius 2 is 2.50 bits per heavy atom. The molecule has 0 radical (unpaired) electrons. The zero-order valence-corrected chi connectivity index (χ0v) is 6.60. The molecule has 0 aromatic carbocycles. The zero-order valence-electron chi connectivity index (χ0n) is 6.60. The first-order valence-corrected chi connectivity index (χ1v) is 4.25. The van der Waals surface area contributed by atoms with Crippen molar-refractivity contribution in [2.24, 2.45) is 5.92 Å². The van der Waals surface area contributed by atoms with Gasteiger partial charge in [0.15, 0.2) is 0 Å². The van der Waals surface area contributed by atoms with Crippen LogP contribution >= 0.6 is 0 Å². The molecule has 1 N–H and O–H groups in total. The van der Waals surface area contributed by atoms with Crippen LogP contribution in [0.1, 0.15) is 25.7 Å². The average Bonchev–Trinajstić information content (AvgIpc) is 2.41. The van der Waals surface area contributed by atoms with Crippen molar-refractivity contribution in [1.82, 2.24) is 5.32 Å². The summed E-state index contributed by atoms with van der Waals surface area (Å²) >= 11 is 0. The molecule has 0 bridgehead atoms.